The average Bonchev–Trinajstić information content (AvgIpc) is 2.18. The smallest absolute Gasteiger partial charge is 0.128 e. The molecule has 1 rings (SSSR count). The van der Waals surface area contributed by atoms with Crippen molar-refractivity contribution in [2.75, 3.05) is 7.05 Å². The van der Waals surface area contributed by atoms with Gasteiger partial charge >= 0.3 is 0 Å². The second-order valence-electron chi connectivity index (χ2n) is 4.14. The maximum absolute atomic E-state index is 13.5. The molecule has 0 aromatic heterocycles. The second-order valence-corrected chi connectivity index (χ2v) is 4.14. The Morgan fingerprint density at radius 1 is 1.27 bits per heavy atom. The predicted molar refractivity (Wildman–Crippen MR) is 57.6 cm³/mol. The van der Waals surface area contributed by atoms with Crippen LogP contribution in [-0.2, 0) is 0 Å². The lowest BCUT2D eigenvalue weighted by Crippen LogP contribution is -2.19. The minimum Gasteiger partial charge on any atom is -0.313 e. The zero-order chi connectivity index (χ0) is 11.4. The van der Waals surface area contributed by atoms with Crippen molar-refractivity contribution in [1.29, 1.82) is 0 Å². The molecule has 1 aromatic carbocycles. The highest BCUT2D eigenvalue weighted by Crippen LogP contribution is 2.23. The molecular weight excluding hydrogens is 196 g/mol. The minimum absolute atomic E-state index is 0.124. The van der Waals surface area contributed by atoms with Gasteiger partial charge in [-0.1, -0.05) is 13.8 Å². The van der Waals surface area contributed by atoms with Crippen LogP contribution in [0.25, 0.3) is 0 Å². The molecule has 0 bridgehead atoms. The number of benzene rings is 1. The molecule has 0 amide bonds. The number of hydrogen-bond acceptors (Lipinski definition) is 1. The summed E-state index contributed by atoms with van der Waals surface area (Å²) in [4.78, 5) is 0. The lowest BCUT2D eigenvalue weighted by molar-refractivity contribution is 0.437. The van der Waals surface area contributed by atoms with Gasteiger partial charge in [-0.2, -0.15) is 0 Å². The third kappa shape index (κ3) is 3.27. The van der Waals surface area contributed by atoms with Crippen molar-refractivity contribution in [3.63, 3.8) is 0 Å². The van der Waals surface area contributed by atoms with Crippen molar-refractivity contribution in [1.82, 2.24) is 5.32 Å². The lowest BCUT2D eigenvalue weighted by atomic mass is 9.97. The first-order valence-corrected chi connectivity index (χ1v) is 5.16. The van der Waals surface area contributed by atoms with E-state index in [0.29, 0.717) is 11.5 Å². The molecule has 3 heteroatoms. The summed E-state index contributed by atoms with van der Waals surface area (Å²) < 4.78 is 26.4. The molecule has 1 unspecified atom stereocenters. The molecule has 1 atom stereocenters. The Morgan fingerprint density at radius 3 is 2.47 bits per heavy atom. The molecule has 0 saturated heterocycles. The molecule has 0 radical (unpaired) electrons. The Kier molecular flexibility index (Phi) is 4.21. The minimum atomic E-state index is -0.393. The molecule has 0 saturated carbocycles. The molecule has 1 nitrogen and oxygen atoms in total. The van der Waals surface area contributed by atoms with Crippen LogP contribution in [0.3, 0.4) is 0 Å². The van der Waals surface area contributed by atoms with Gasteiger partial charge < -0.3 is 5.32 Å². The van der Waals surface area contributed by atoms with Crippen molar-refractivity contribution in [3.8, 4) is 0 Å². The molecule has 0 aliphatic heterocycles. The maximum Gasteiger partial charge on any atom is 0.128 e. The topological polar surface area (TPSA) is 12.0 Å². The summed E-state index contributed by atoms with van der Waals surface area (Å²) >= 11 is 0. The largest absolute Gasteiger partial charge is 0.313 e. The third-order valence-electron chi connectivity index (χ3n) is 2.39. The monoisotopic (exact) mass is 213 g/mol. The summed E-state index contributed by atoms with van der Waals surface area (Å²) in [7, 11) is 1.76. The van der Waals surface area contributed by atoms with Gasteiger partial charge in [-0.25, -0.2) is 8.78 Å². The molecule has 0 fully saturated rings. The maximum atomic E-state index is 13.5. The molecule has 0 spiro atoms. The first-order valence-electron chi connectivity index (χ1n) is 5.16. The molecule has 0 aliphatic carbocycles. The molecule has 15 heavy (non-hydrogen) atoms. The first kappa shape index (κ1) is 12.1. The highest BCUT2D eigenvalue weighted by Gasteiger charge is 2.15. The SMILES string of the molecule is CNC(CC(C)C)c1cc(F)ccc1F. The molecule has 0 aliphatic rings. The number of hydrogen-bond donors (Lipinski definition) is 1. The van der Waals surface area contributed by atoms with Gasteiger partial charge in [0.15, 0.2) is 0 Å². The van der Waals surface area contributed by atoms with Crippen molar-refractivity contribution < 1.29 is 8.78 Å². The van der Waals surface area contributed by atoms with E-state index in [0.717, 1.165) is 12.5 Å². The van der Waals surface area contributed by atoms with E-state index in [9.17, 15) is 8.78 Å². The van der Waals surface area contributed by atoms with Crippen LogP contribution in [0.15, 0.2) is 18.2 Å². The van der Waals surface area contributed by atoms with Gasteiger partial charge in [0, 0.05) is 11.6 Å². The third-order valence-corrected chi connectivity index (χ3v) is 2.39. The normalized spacial score (nSPS) is 13.2. The summed E-state index contributed by atoms with van der Waals surface area (Å²) in [6.07, 6.45) is 0.789. The zero-order valence-electron chi connectivity index (χ0n) is 9.35. The number of nitrogens with one attached hydrogen (secondary N) is 1. The second kappa shape index (κ2) is 5.21. The van der Waals surface area contributed by atoms with Gasteiger partial charge in [0.05, 0.1) is 0 Å². The highest BCUT2D eigenvalue weighted by atomic mass is 19.1. The summed E-state index contributed by atoms with van der Waals surface area (Å²) in [5.41, 5.74) is 0.409. The van der Waals surface area contributed by atoms with E-state index >= 15 is 0 Å². The van der Waals surface area contributed by atoms with Gasteiger partial charge in [0.25, 0.3) is 0 Å². The summed E-state index contributed by atoms with van der Waals surface area (Å²) in [5, 5.41) is 3.01. The Morgan fingerprint density at radius 2 is 1.93 bits per heavy atom. The molecule has 1 aromatic rings. The Labute approximate surface area is 89.5 Å². The van der Waals surface area contributed by atoms with E-state index in [1.807, 2.05) is 0 Å². The fourth-order valence-electron chi connectivity index (χ4n) is 1.65. The van der Waals surface area contributed by atoms with Gasteiger partial charge in [-0.3, -0.25) is 0 Å². The van der Waals surface area contributed by atoms with E-state index in [1.54, 1.807) is 7.05 Å². The van der Waals surface area contributed by atoms with Gasteiger partial charge in [0.1, 0.15) is 11.6 Å². The van der Waals surface area contributed by atoms with Crippen molar-refractivity contribution in [2.24, 2.45) is 5.92 Å². The van der Waals surface area contributed by atoms with Crippen molar-refractivity contribution >= 4 is 0 Å². The van der Waals surface area contributed by atoms with E-state index in [-0.39, 0.29) is 11.9 Å². The van der Waals surface area contributed by atoms with Crippen LogP contribution in [0.5, 0.6) is 0 Å². The Balaban J connectivity index is 2.95. The van der Waals surface area contributed by atoms with E-state index < -0.39 is 5.82 Å². The van der Waals surface area contributed by atoms with Crippen LogP contribution in [0, 0.1) is 17.6 Å². The molecule has 0 heterocycles. The molecule has 84 valence electrons. The average molecular weight is 213 g/mol. The van der Waals surface area contributed by atoms with Crippen LogP contribution < -0.4 is 5.32 Å². The van der Waals surface area contributed by atoms with Gasteiger partial charge in [0.2, 0.25) is 0 Å². The van der Waals surface area contributed by atoms with Crippen LogP contribution in [0.2, 0.25) is 0 Å². The van der Waals surface area contributed by atoms with E-state index in [4.69, 9.17) is 0 Å². The molecular formula is C12H17F2N. The first-order chi connectivity index (χ1) is 7.04. The quantitative estimate of drug-likeness (QED) is 0.809. The fraction of sp³-hybridized carbons (Fsp3) is 0.500. The van der Waals surface area contributed by atoms with Gasteiger partial charge in [-0.15, -0.1) is 0 Å². The zero-order valence-corrected chi connectivity index (χ0v) is 9.35. The van der Waals surface area contributed by atoms with Crippen LogP contribution in [0.1, 0.15) is 31.9 Å². The Hall–Kier alpha value is -0.960. The van der Waals surface area contributed by atoms with Crippen LogP contribution in [0.4, 0.5) is 8.78 Å². The summed E-state index contributed by atoms with van der Waals surface area (Å²) in [6, 6.07) is 3.45. The van der Waals surface area contributed by atoms with E-state index in [2.05, 4.69) is 19.2 Å². The van der Waals surface area contributed by atoms with Crippen molar-refractivity contribution in [3.05, 3.63) is 35.4 Å². The van der Waals surface area contributed by atoms with Crippen LogP contribution >= 0.6 is 0 Å². The predicted octanol–water partition coefficient (Wildman–Crippen LogP) is 3.27. The number of halogens is 2. The highest BCUT2D eigenvalue weighted by molar-refractivity contribution is 5.22. The fourth-order valence-corrected chi connectivity index (χ4v) is 1.65. The van der Waals surface area contributed by atoms with Crippen molar-refractivity contribution in [2.45, 2.75) is 26.3 Å². The summed E-state index contributed by atoms with van der Waals surface area (Å²) in [6.45, 7) is 4.11. The van der Waals surface area contributed by atoms with Gasteiger partial charge in [-0.05, 0) is 37.6 Å². The summed E-state index contributed by atoms with van der Waals surface area (Å²) in [5.74, 6) is -0.308. The Bertz CT molecular complexity index is 323. The lowest BCUT2D eigenvalue weighted by Gasteiger charge is -2.19. The van der Waals surface area contributed by atoms with E-state index in [1.165, 1.54) is 12.1 Å². The van der Waals surface area contributed by atoms with Crippen LogP contribution in [-0.4, -0.2) is 7.05 Å². The standard InChI is InChI=1S/C12H17F2N/c1-8(2)6-12(15-3)10-7-9(13)4-5-11(10)14/h4-5,7-8,12,15H,6H2,1-3H3. The molecule has 1 N–H and O–H groups in total. The number of rotatable bonds is 4.